The van der Waals surface area contributed by atoms with Crippen LogP contribution in [0.3, 0.4) is 0 Å². The second-order valence-electron chi connectivity index (χ2n) is 32.6. The fourth-order valence-electron chi connectivity index (χ4n) is 20.0. The fraction of sp³-hybridized carbons (Fsp3) is 0. The predicted molar refractivity (Wildman–Crippen MR) is 519 cm³/mol. The van der Waals surface area contributed by atoms with Crippen LogP contribution in [0.1, 0.15) is 0 Å². The molecule has 21 aromatic carbocycles. The molecule has 1 aromatic heterocycles. The first-order valence-corrected chi connectivity index (χ1v) is 42.3. The van der Waals surface area contributed by atoms with Crippen molar-refractivity contribution in [2.24, 2.45) is 0 Å². The molecule has 2 aliphatic heterocycles. The SMILES string of the molecule is c1ccc(-c2cccc(-c3cccc(-c4cccc(-c5ccccc5)c4)c3N3c4ccc(-c5ccc6ccc7ccccc7c6c5)cc4B4c5cc(-c6ccc7ccc8ccccc8c7c6)ccc5N(c5c(-c6cccc(-c7ccccc7)c6)cccc5-c5cccc(-c6ccccc6)c5)c5cc(-n6c7ccccc7c7ccccc76)cc3c54)c2)cc1. The molecule has 4 heteroatoms. The molecular formula is C118H76BN3. The lowest BCUT2D eigenvalue weighted by Gasteiger charge is -2.46. The molecule has 0 spiro atoms. The zero-order chi connectivity index (χ0) is 80.3. The number of fused-ring (bicyclic) bond motifs is 13. The van der Waals surface area contributed by atoms with E-state index >= 15 is 0 Å². The van der Waals surface area contributed by atoms with Gasteiger partial charge in [0.25, 0.3) is 6.71 Å². The Morgan fingerprint density at radius 1 is 0.164 bits per heavy atom. The topological polar surface area (TPSA) is 11.4 Å². The zero-order valence-corrected chi connectivity index (χ0v) is 66.8. The lowest BCUT2D eigenvalue weighted by atomic mass is 9.33. The van der Waals surface area contributed by atoms with Gasteiger partial charge in [-0.3, -0.25) is 0 Å². The molecule has 2 aliphatic rings. The molecule has 0 unspecified atom stereocenters. The lowest BCUT2D eigenvalue weighted by Crippen LogP contribution is -2.61. The molecule has 0 aliphatic carbocycles. The van der Waals surface area contributed by atoms with Gasteiger partial charge in [-0.2, -0.15) is 0 Å². The van der Waals surface area contributed by atoms with Crippen LogP contribution in [0.25, 0.3) is 182 Å². The van der Waals surface area contributed by atoms with Crippen molar-refractivity contribution >= 4 is 122 Å². The number of hydrogen-bond acceptors (Lipinski definition) is 2. The van der Waals surface area contributed by atoms with Crippen LogP contribution in [0.4, 0.5) is 34.1 Å². The van der Waals surface area contributed by atoms with E-state index in [9.17, 15) is 0 Å². The summed E-state index contributed by atoms with van der Waals surface area (Å²) in [6.45, 7) is -0.371. The Morgan fingerprint density at radius 3 is 0.803 bits per heavy atom. The highest BCUT2D eigenvalue weighted by Gasteiger charge is 2.46. The summed E-state index contributed by atoms with van der Waals surface area (Å²) in [7, 11) is 0. The molecule has 24 rings (SSSR count). The predicted octanol–water partition coefficient (Wildman–Crippen LogP) is 30.1. The number of aromatic nitrogens is 1. The van der Waals surface area contributed by atoms with Crippen LogP contribution in [0.15, 0.2) is 461 Å². The van der Waals surface area contributed by atoms with Crippen LogP contribution in [0.2, 0.25) is 0 Å². The summed E-state index contributed by atoms with van der Waals surface area (Å²) in [4.78, 5) is 5.44. The van der Waals surface area contributed by atoms with E-state index in [-0.39, 0.29) is 6.71 Å². The average molecular weight is 1550 g/mol. The van der Waals surface area contributed by atoms with E-state index in [0.717, 1.165) is 162 Å². The summed E-state index contributed by atoms with van der Waals surface area (Å²) in [6.07, 6.45) is 0. The van der Waals surface area contributed by atoms with Crippen LogP contribution in [0.5, 0.6) is 0 Å². The maximum Gasteiger partial charge on any atom is 0.252 e. The van der Waals surface area contributed by atoms with Gasteiger partial charge in [0.1, 0.15) is 0 Å². The van der Waals surface area contributed by atoms with Crippen LogP contribution < -0.4 is 26.2 Å². The van der Waals surface area contributed by atoms with Crippen molar-refractivity contribution < 1.29 is 0 Å². The first-order valence-electron chi connectivity index (χ1n) is 42.3. The van der Waals surface area contributed by atoms with E-state index in [0.29, 0.717) is 0 Å². The third-order valence-electron chi connectivity index (χ3n) is 25.7. The number of anilines is 6. The summed E-state index contributed by atoms with van der Waals surface area (Å²) < 4.78 is 2.55. The van der Waals surface area contributed by atoms with Gasteiger partial charge >= 0.3 is 0 Å². The minimum absolute atomic E-state index is 0.371. The summed E-state index contributed by atoms with van der Waals surface area (Å²) in [5.41, 5.74) is 35.9. The van der Waals surface area contributed by atoms with Crippen LogP contribution in [0, 0.1) is 0 Å². The first kappa shape index (κ1) is 70.3. The van der Waals surface area contributed by atoms with E-state index in [4.69, 9.17) is 0 Å². The molecule has 0 radical (unpaired) electrons. The second kappa shape index (κ2) is 29.0. The average Bonchev–Trinajstić information content (AvgIpc) is 0.905. The van der Waals surface area contributed by atoms with Gasteiger partial charge in [0, 0.05) is 55.8 Å². The van der Waals surface area contributed by atoms with E-state index in [2.05, 4.69) is 475 Å². The molecule has 0 saturated carbocycles. The number of benzene rings is 21. The molecule has 3 nitrogen and oxygen atoms in total. The smallest absolute Gasteiger partial charge is 0.252 e. The normalized spacial score (nSPS) is 12.2. The maximum absolute atomic E-state index is 2.72. The Hall–Kier alpha value is -15.9. The Kier molecular flexibility index (Phi) is 16.7. The quantitative estimate of drug-likeness (QED) is 0.0842. The Balaban J connectivity index is 0.873. The van der Waals surface area contributed by atoms with Crippen molar-refractivity contribution in [3.05, 3.63) is 461 Å². The Bertz CT molecular complexity index is 7300. The molecule has 566 valence electrons. The van der Waals surface area contributed by atoms with E-state index in [1.54, 1.807) is 0 Å². The van der Waals surface area contributed by atoms with Gasteiger partial charge in [0.05, 0.1) is 28.1 Å². The Morgan fingerprint density at radius 2 is 0.434 bits per heavy atom. The third-order valence-corrected chi connectivity index (χ3v) is 25.7. The molecule has 22 aromatic rings. The van der Waals surface area contributed by atoms with Crippen LogP contribution >= 0.6 is 0 Å². The lowest BCUT2D eigenvalue weighted by molar-refractivity contribution is 1.16. The van der Waals surface area contributed by atoms with Crippen molar-refractivity contribution in [1.82, 2.24) is 4.57 Å². The van der Waals surface area contributed by atoms with Gasteiger partial charge in [0.15, 0.2) is 0 Å². The van der Waals surface area contributed by atoms with Gasteiger partial charge in [0.2, 0.25) is 0 Å². The Labute approximate surface area is 709 Å². The first-order chi connectivity index (χ1) is 60.5. The minimum atomic E-state index is -0.371. The van der Waals surface area contributed by atoms with Gasteiger partial charge in [-0.25, -0.2) is 0 Å². The molecule has 0 amide bonds. The zero-order valence-electron chi connectivity index (χ0n) is 66.8. The second-order valence-corrected chi connectivity index (χ2v) is 32.6. The molecule has 0 atom stereocenters. The molecule has 3 heterocycles. The van der Waals surface area contributed by atoms with Crippen LogP contribution in [-0.4, -0.2) is 11.3 Å². The highest BCUT2D eigenvalue weighted by molar-refractivity contribution is 7.00. The van der Waals surface area contributed by atoms with E-state index in [1.165, 1.54) is 70.3 Å². The number of rotatable bonds is 13. The van der Waals surface area contributed by atoms with E-state index < -0.39 is 0 Å². The minimum Gasteiger partial charge on any atom is -0.310 e. The van der Waals surface area contributed by atoms with Gasteiger partial charge < -0.3 is 14.4 Å². The third kappa shape index (κ3) is 11.8. The molecule has 122 heavy (non-hydrogen) atoms. The van der Waals surface area contributed by atoms with Crippen molar-refractivity contribution in [1.29, 1.82) is 0 Å². The van der Waals surface area contributed by atoms with Crippen LogP contribution in [-0.2, 0) is 0 Å². The van der Waals surface area contributed by atoms with Crippen molar-refractivity contribution in [2.75, 3.05) is 9.80 Å². The highest BCUT2D eigenvalue weighted by atomic mass is 15.2. The highest BCUT2D eigenvalue weighted by Crippen LogP contribution is 2.55. The van der Waals surface area contributed by atoms with E-state index in [1.807, 2.05) is 0 Å². The molecule has 0 fully saturated rings. The van der Waals surface area contributed by atoms with Crippen molar-refractivity contribution in [3.63, 3.8) is 0 Å². The molecule has 0 N–H and O–H groups in total. The summed E-state index contributed by atoms with van der Waals surface area (Å²) in [5, 5.41) is 12.2. The monoisotopic (exact) mass is 1550 g/mol. The van der Waals surface area contributed by atoms with Gasteiger partial charge in [-0.05, 0) is 221 Å². The largest absolute Gasteiger partial charge is 0.310 e. The molecule has 0 bridgehead atoms. The van der Waals surface area contributed by atoms with Gasteiger partial charge in [-0.15, -0.1) is 0 Å². The summed E-state index contributed by atoms with van der Waals surface area (Å²) >= 11 is 0. The summed E-state index contributed by atoms with van der Waals surface area (Å²) in [6, 6.07) is 174. The summed E-state index contributed by atoms with van der Waals surface area (Å²) in [5.74, 6) is 0. The standard InChI is InChI=1S/C118H76BN3/c1-5-27-77(28-6-1)85-37-21-41-93(67-85)100-49-25-50-101(94-42-22-38-86(68-94)78-29-7-2-8-30-78)117(100)121-112-65-63-91(89-61-59-83-57-55-81-35-13-15-45-98(81)106(83)71-89)73-108(112)119-109-74-92(90-62-60-84-58-56-82-36-14-16-46-99(82)107(84)72-90)64-66-113(109)122(115-76-97(75-114(121)116(115)119)120-110-53-19-17-47-104(110)105-48-18-20-54-111(105)120)118-102(95-43-23-39-87(69-95)79-31-9-3-10-32-79)51-26-52-103(118)96-44-24-40-88(70-96)80-33-11-4-12-34-80/h1-76H. The van der Waals surface area contributed by atoms with Crippen molar-refractivity contribution in [3.8, 4) is 117 Å². The number of hydrogen-bond donors (Lipinski definition) is 0. The fourth-order valence-corrected chi connectivity index (χ4v) is 20.0. The molecule has 0 saturated heterocycles. The maximum atomic E-state index is 2.72. The molecular weight excluding hydrogens is 1470 g/mol. The van der Waals surface area contributed by atoms with Gasteiger partial charge in [-0.1, -0.05) is 388 Å². The number of nitrogens with zero attached hydrogens (tertiary/aromatic N) is 3. The van der Waals surface area contributed by atoms with Crippen molar-refractivity contribution in [2.45, 2.75) is 0 Å². The number of para-hydroxylation sites is 4.